The second kappa shape index (κ2) is 5.89. The van der Waals surface area contributed by atoms with E-state index in [-0.39, 0.29) is 5.91 Å². The summed E-state index contributed by atoms with van der Waals surface area (Å²) in [4.78, 5) is 17.4. The average molecular weight is 294 g/mol. The molecule has 0 spiro atoms. The number of hydrogen-bond donors (Lipinski definition) is 1. The van der Waals surface area contributed by atoms with Gasteiger partial charge in [-0.05, 0) is 48.2 Å². The van der Waals surface area contributed by atoms with E-state index in [1.807, 2.05) is 54.8 Å². The molecule has 0 radical (unpaired) electrons. The fourth-order valence-corrected chi connectivity index (χ4v) is 2.76. The van der Waals surface area contributed by atoms with E-state index in [9.17, 15) is 4.79 Å². The largest absolute Gasteiger partial charge is 0.322 e. The Morgan fingerprint density at radius 3 is 2.95 bits per heavy atom. The van der Waals surface area contributed by atoms with Gasteiger partial charge in [0.25, 0.3) is 0 Å². The highest BCUT2D eigenvalue weighted by Gasteiger charge is 2.06. The highest BCUT2D eigenvalue weighted by atomic mass is 32.1. The minimum atomic E-state index is -0.141. The SMILES string of the molecule is Cc1ccc(NC(=O)C=Cc2cccs2)c2cccnc12. The summed E-state index contributed by atoms with van der Waals surface area (Å²) in [6.07, 6.45) is 5.13. The van der Waals surface area contributed by atoms with Crippen LogP contribution in [-0.2, 0) is 4.79 Å². The van der Waals surface area contributed by atoms with Crippen LogP contribution < -0.4 is 5.32 Å². The molecule has 3 aromatic rings. The first-order valence-electron chi connectivity index (χ1n) is 6.61. The Kier molecular flexibility index (Phi) is 3.79. The number of fused-ring (bicyclic) bond motifs is 1. The van der Waals surface area contributed by atoms with Crippen molar-refractivity contribution in [2.75, 3.05) is 5.32 Å². The number of carbonyl (C=O) groups excluding carboxylic acids is 1. The number of carbonyl (C=O) groups is 1. The van der Waals surface area contributed by atoms with Crippen LogP contribution in [0.3, 0.4) is 0 Å². The van der Waals surface area contributed by atoms with Crippen molar-refractivity contribution >= 4 is 39.9 Å². The van der Waals surface area contributed by atoms with Crippen molar-refractivity contribution in [3.05, 3.63) is 64.5 Å². The van der Waals surface area contributed by atoms with Crippen molar-refractivity contribution < 1.29 is 4.79 Å². The Hall–Kier alpha value is -2.46. The molecule has 1 amide bonds. The van der Waals surface area contributed by atoms with Crippen LogP contribution in [0.2, 0.25) is 0 Å². The average Bonchev–Trinajstić information content (AvgIpc) is 3.02. The van der Waals surface area contributed by atoms with E-state index >= 15 is 0 Å². The summed E-state index contributed by atoms with van der Waals surface area (Å²) >= 11 is 1.60. The number of thiophene rings is 1. The molecule has 0 aliphatic rings. The van der Waals surface area contributed by atoms with Crippen LogP contribution in [0.1, 0.15) is 10.4 Å². The molecule has 104 valence electrons. The third-order valence-corrected chi connectivity index (χ3v) is 4.01. The van der Waals surface area contributed by atoms with Gasteiger partial charge in [-0.1, -0.05) is 12.1 Å². The lowest BCUT2D eigenvalue weighted by atomic mass is 10.1. The van der Waals surface area contributed by atoms with Crippen molar-refractivity contribution in [3.63, 3.8) is 0 Å². The molecule has 4 heteroatoms. The van der Waals surface area contributed by atoms with Gasteiger partial charge in [-0.25, -0.2) is 0 Å². The molecule has 0 aliphatic heterocycles. The monoisotopic (exact) mass is 294 g/mol. The van der Waals surface area contributed by atoms with E-state index in [0.29, 0.717) is 0 Å². The maximum atomic E-state index is 12.0. The Labute approximate surface area is 127 Å². The molecule has 1 N–H and O–H groups in total. The number of anilines is 1. The van der Waals surface area contributed by atoms with Crippen LogP contribution in [0, 0.1) is 6.92 Å². The lowest BCUT2D eigenvalue weighted by molar-refractivity contribution is -0.111. The number of amides is 1. The summed E-state index contributed by atoms with van der Waals surface area (Å²) in [6.45, 7) is 2.01. The third-order valence-electron chi connectivity index (χ3n) is 3.17. The van der Waals surface area contributed by atoms with Gasteiger partial charge in [-0.3, -0.25) is 9.78 Å². The molecule has 0 fully saturated rings. The summed E-state index contributed by atoms with van der Waals surface area (Å²) in [5, 5.41) is 5.85. The van der Waals surface area contributed by atoms with Gasteiger partial charge in [0.2, 0.25) is 5.91 Å². The zero-order valence-corrected chi connectivity index (χ0v) is 12.4. The maximum absolute atomic E-state index is 12.0. The van der Waals surface area contributed by atoms with Gasteiger partial charge in [-0.2, -0.15) is 0 Å². The molecule has 3 nitrogen and oxygen atoms in total. The van der Waals surface area contributed by atoms with Gasteiger partial charge in [0.15, 0.2) is 0 Å². The van der Waals surface area contributed by atoms with E-state index < -0.39 is 0 Å². The van der Waals surface area contributed by atoms with Crippen molar-refractivity contribution in [1.82, 2.24) is 4.98 Å². The van der Waals surface area contributed by atoms with E-state index in [0.717, 1.165) is 27.0 Å². The van der Waals surface area contributed by atoms with Crippen molar-refractivity contribution in [3.8, 4) is 0 Å². The first kappa shape index (κ1) is 13.5. The lowest BCUT2D eigenvalue weighted by Gasteiger charge is -2.08. The van der Waals surface area contributed by atoms with E-state index in [1.54, 1.807) is 23.6 Å². The number of benzene rings is 1. The zero-order chi connectivity index (χ0) is 14.7. The van der Waals surface area contributed by atoms with Gasteiger partial charge >= 0.3 is 0 Å². The van der Waals surface area contributed by atoms with Gasteiger partial charge in [0, 0.05) is 22.5 Å². The highest BCUT2D eigenvalue weighted by Crippen LogP contribution is 2.24. The van der Waals surface area contributed by atoms with Crippen LogP contribution in [0.4, 0.5) is 5.69 Å². The quantitative estimate of drug-likeness (QED) is 0.733. The standard InChI is InChI=1S/C17H14N2OS/c1-12-6-8-15(14-5-2-10-18-17(12)14)19-16(20)9-7-13-4-3-11-21-13/h2-11H,1H3,(H,19,20). The first-order chi connectivity index (χ1) is 10.2. The van der Waals surface area contributed by atoms with E-state index in [2.05, 4.69) is 10.3 Å². The van der Waals surface area contributed by atoms with Gasteiger partial charge in [0.05, 0.1) is 11.2 Å². The number of nitrogens with one attached hydrogen (secondary N) is 1. The Morgan fingerprint density at radius 1 is 1.24 bits per heavy atom. The predicted molar refractivity (Wildman–Crippen MR) is 88.5 cm³/mol. The van der Waals surface area contributed by atoms with Crippen LogP contribution >= 0.6 is 11.3 Å². The third kappa shape index (κ3) is 3.01. The van der Waals surface area contributed by atoms with Gasteiger partial charge in [0.1, 0.15) is 0 Å². The van der Waals surface area contributed by atoms with Crippen molar-refractivity contribution in [2.24, 2.45) is 0 Å². The second-order valence-corrected chi connectivity index (χ2v) is 5.65. The highest BCUT2D eigenvalue weighted by molar-refractivity contribution is 7.10. The number of nitrogens with zero attached hydrogens (tertiary/aromatic N) is 1. The second-order valence-electron chi connectivity index (χ2n) is 4.67. The normalized spacial score (nSPS) is 11.1. The molecule has 0 saturated heterocycles. The molecule has 0 atom stereocenters. The molecule has 2 heterocycles. The smallest absolute Gasteiger partial charge is 0.248 e. The topological polar surface area (TPSA) is 42.0 Å². The summed E-state index contributed by atoms with van der Waals surface area (Å²) in [5.41, 5.74) is 2.79. The maximum Gasteiger partial charge on any atom is 0.248 e. The van der Waals surface area contributed by atoms with Crippen molar-refractivity contribution in [1.29, 1.82) is 0 Å². The summed E-state index contributed by atoms with van der Waals surface area (Å²) in [6, 6.07) is 11.7. The number of pyridine rings is 1. The molecule has 3 rings (SSSR count). The number of aryl methyl sites for hydroxylation is 1. The molecule has 2 aromatic heterocycles. The molecular weight excluding hydrogens is 280 g/mol. The summed E-state index contributed by atoms with van der Waals surface area (Å²) < 4.78 is 0. The summed E-state index contributed by atoms with van der Waals surface area (Å²) in [7, 11) is 0. The minimum absolute atomic E-state index is 0.141. The minimum Gasteiger partial charge on any atom is -0.322 e. The molecular formula is C17H14N2OS. The molecule has 21 heavy (non-hydrogen) atoms. The van der Waals surface area contributed by atoms with Crippen LogP contribution in [-0.4, -0.2) is 10.9 Å². The molecule has 0 saturated carbocycles. The Morgan fingerprint density at radius 2 is 2.14 bits per heavy atom. The molecule has 0 aliphatic carbocycles. The molecule has 1 aromatic carbocycles. The number of aromatic nitrogens is 1. The Bertz CT molecular complexity index is 807. The fourth-order valence-electron chi connectivity index (χ4n) is 2.14. The van der Waals surface area contributed by atoms with Crippen LogP contribution in [0.5, 0.6) is 0 Å². The Balaban J connectivity index is 1.85. The molecule has 0 bridgehead atoms. The van der Waals surface area contributed by atoms with Gasteiger partial charge in [-0.15, -0.1) is 11.3 Å². The van der Waals surface area contributed by atoms with Gasteiger partial charge < -0.3 is 5.32 Å². The summed E-state index contributed by atoms with van der Waals surface area (Å²) in [5.74, 6) is -0.141. The van der Waals surface area contributed by atoms with Crippen molar-refractivity contribution in [2.45, 2.75) is 6.92 Å². The van der Waals surface area contributed by atoms with Crippen LogP contribution in [0.15, 0.2) is 54.1 Å². The molecule has 0 unspecified atom stereocenters. The predicted octanol–water partition coefficient (Wildman–Crippen LogP) is 4.26. The number of rotatable bonds is 3. The van der Waals surface area contributed by atoms with Crippen LogP contribution in [0.25, 0.3) is 17.0 Å². The van der Waals surface area contributed by atoms with E-state index in [1.165, 1.54) is 0 Å². The first-order valence-corrected chi connectivity index (χ1v) is 7.49. The number of hydrogen-bond acceptors (Lipinski definition) is 3. The van der Waals surface area contributed by atoms with E-state index in [4.69, 9.17) is 0 Å². The fraction of sp³-hybridized carbons (Fsp3) is 0.0588. The lowest BCUT2D eigenvalue weighted by Crippen LogP contribution is -2.08. The zero-order valence-electron chi connectivity index (χ0n) is 11.5.